The van der Waals surface area contributed by atoms with Crippen molar-refractivity contribution < 1.29 is 14.3 Å². The third-order valence-corrected chi connectivity index (χ3v) is 4.22. The molecule has 1 aliphatic heterocycles. The third-order valence-electron chi connectivity index (χ3n) is 4.22. The molecule has 0 bridgehead atoms. The van der Waals surface area contributed by atoms with Crippen LogP contribution in [0, 0.1) is 5.82 Å². The second-order valence-electron chi connectivity index (χ2n) is 6.08. The van der Waals surface area contributed by atoms with Crippen molar-refractivity contribution in [2.75, 3.05) is 26.2 Å². The van der Waals surface area contributed by atoms with Crippen LogP contribution in [0.15, 0.2) is 29.3 Å². The van der Waals surface area contributed by atoms with Crippen LogP contribution in [0.3, 0.4) is 0 Å². The van der Waals surface area contributed by atoms with Crippen LogP contribution >= 0.6 is 24.0 Å². The fraction of sp³-hybridized carbons (Fsp3) is 0.556. The summed E-state index contributed by atoms with van der Waals surface area (Å²) in [5.41, 5.74) is 0.239. The largest absolute Gasteiger partial charge is 0.386 e. The van der Waals surface area contributed by atoms with Crippen molar-refractivity contribution in [1.29, 1.82) is 0 Å². The van der Waals surface area contributed by atoms with Gasteiger partial charge in [-0.25, -0.2) is 4.39 Å². The zero-order valence-electron chi connectivity index (χ0n) is 15.2. The lowest BCUT2D eigenvalue weighted by atomic mass is 10.1. The van der Waals surface area contributed by atoms with E-state index in [1.165, 1.54) is 6.07 Å². The molecule has 1 saturated heterocycles. The Morgan fingerprint density at radius 3 is 2.81 bits per heavy atom. The summed E-state index contributed by atoms with van der Waals surface area (Å²) in [5.74, 6) is 0.280. The molecule has 2 rings (SSSR count). The smallest absolute Gasteiger partial charge is 0.222 e. The average Bonchev–Trinajstić information content (AvgIpc) is 3.08. The number of benzene rings is 1. The summed E-state index contributed by atoms with van der Waals surface area (Å²) < 4.78 is 13.7. The van der Waals surface area contributed by atoms with Gasteiger partial charge in [0, 0.05) is 37.7 Å². The van der Waals surface area contributed by atoms with Gasteiger partial charge in [-0.1, -0.05) is 25.1 Å². The quantitative estimate of drug-likeness (QED) is 0.333. The second-order valence-corrected chi connectivity index (χ2v) is 6.08. The number of aliphatic hydroxyl groups excluding tert-OH is 1. The van der Waals surface area contributed by atoms with Crippen molar-refractivity contribution in [3.63, 3.8) is 0 Å². The molecular formula is C18H28FIN4O2. The van der Waals surface area contributed by atoms with Gasteiger partial charge in [0.05, 0.1) is 6.54 Å². The van der Waals surface area contributed by atoms with Gasteiger partial charge in [0.2, 0.25) is 5.91 Å². The normalized spacial score (nSPS) is 18.2. The zero-order valence-corrected chi connectivity index (χ0v) is 17.6. The van der Waals surface area contributed by atoms with Crippen LogP contribution in [0.1, 0.15) is 38.4 Å². The molecule has 1 amide bonds. The predicted octanol–water partition coefficient (Wildman–Crippen LogP) is 2.04. The lowest BCUT2D eigenvalue weighted by molar-refractivity contribution is -0.129. The topological polar surface area (TPSA) is 77.0 Å². The monoisotopic (exact) mass is 478 g/mol. The first kappa shape index (κ1) is 22.6. The highest BCUT2D eigenvalue weighted by molar-refractivity contribution is 14.0. The Hall–Kier alpha value is -1.42. The van der Waals surface area contributed by atoms with Gasteiger partial charge in [-0.05, 0) is 19.4 Å². The number of hydrogen-bond donors (Lipinski definition) is 3. The molecule has 0 saturated carbocycles. The van der Waals surface area contributed by atoms with Crippen molar-refractivity contribution in [3.05, 3.63) is 35.6 Å². The molecule has 1 fully saturated rings. The Labute approximate surface area is 171 Å². The van der Waals surface area contributed by atoms with Gasteiger partial charge >= 0.3 is 0 Å². The van der Waals surface area contributed by atoms with Gasteiger partial charge < -0.3 is 20.6 Å². The Morgan fingerprint density at radius 2 is 2.15 bits per heavy atom. The Kier molecular flexibility index (Phi) is 9.85. The maximum atomic E-state index is 13.7. The standard InChI is InChI=1S/C18H27FN4O2.HI/c1-3-17(25)23-10-9-13(12-23)22-18(20-4-2)21-11-16(24)14-7-5-6-8-15(14)19;/h5-8,13,16,24H,3-4,9-12H2,1-2H3,(H2,20,21,22);1H. The third kappa shape index (κ3) is 6.39. The van der Waals surface area contributed by atoms with E-state index in [0.717, 1.165) is 13.0 Å². The summed E-state index contributed by atoms with van der Waals surface area (Å²) >= 11 is 0. The first-order chi connectivity index (χ1) is 12.0. The number of halogens is 2. The van der Waals surface area contributed by atoms with E-state index < -0.39 is 11.9 Å². The molecule has 2 atom stereocenters. The van der Waals surface area contributed by atoms with Gasteiger partial charge in [-0.3, -0.25) is 9.79 Å². The Balaban J connectivity index is 0.00000338. The summed E-state index contributed by atoms with van der Waals surface area (Å²) in [4.78, 5) is 18.0. The number of carbonyl (C=O) groups excluding carboxylic acids is 1. The highest BCUT2D eigenvalue weighted by Crippen LogP contribution is 2.16. The number of likely N-dealkylation sites (tertiary alicyclic amines) is 1. The van der Waals surface area contributed by atoms with E-state index in [-0.39, 0.29) is 48.0 Å². The average molecular weight is 478 g/mol. The van der Waals surface area contributed by atoms with E-state index in [0.29, 0.717) is 25.5 Å². The van der Waals surface area contributed by atoms with E-state index >= 15 is 0 Å². The molecule has 0 radical (unpaired) electrons. The predicted molar refractivity (Wildman–Crippen MR) is 111 cm³/mol. The maximum absolute atomic E-state index is 13.7. The molecular weight excluding hydrogens is 450 g/mol. The molecule has 3 N–H and O–H groups in total. The molecule has 0 aromatic heterocycles. The van der Waals surface area contributed by atoms with Crippen LogP contribution in [0.25, 0.3) is 0 Å². The first-order valence-electron chi connectivity index (χ1n) is 8.80. The molecule has 0 aliphatic carbocycles. The lowest BCUT2D eigenvalue weighted by Gasteiger charge is -2.19. The summed E-state index contributed by atoms with van der Waals surface area (Å²) in [7, 11) is 0. The number of carbonyl (C=O) groups is 1. The summed E-state index contributed by atoms with van der Waals surface area (Å²) in [6, 6.07) is 6.28. The van der Waals surface area contributed by atoms with E-state index in [4.69, 9.17) is 0 Å². The van der Waals surface area contributed by atoms with Gasteiger partial charge in [-0.15, -0.1) is 24.0 Å². The molecule has 6 nitrogen and oxygen atoms in total. The first-order valence-corrected chi connectivity index (χ1v) is 8.80. The number of guanidine groups is 1. The number of nitrogens with zero attached hydrogens (tertiary/aromatic N) is 2. The van der Waals surface area contributed by atoms with Gasteiger partial charge in [0.1, 0.15) is 11.9 Å². The number of amides is 1. The van der Waals surface area contributed by atoms with Crippen LogP contribution in [-0.4, -0.2) is 54.1 Å². The van der Waals surface area contributed by atoms with Crippen LogP contribution in [0.5, 0.6) is 0 Å². The zero-order chi connectivity index (χ0) is 18.2. The summed E-state index contributed by atoms with van der Waals surface area (Å²) in [6.07, 6.45) is 0.361. The van der Waals surface area contributed by atoms with Crippen LogP contribution in [0.2, 0.25) is 0 Å². The maximum Gasteiger partial charge on any atom is 0.222 e. The molecule has 26 heavy (non-hydrogen) atoms. The molecule has 1 aromatic carbocycles. The number of nitrogens with one attached hydrogen (secondary N) is 2. The molecule has 1 heterocycles. The molecule has 1 aliphatic rings. The minimum absolute atomic E-state index is 0. The van der Waals surface area contributed by atoms with Crippen LogP contribution in [0.4, 0.5) is 4.39 Å². The SMILES string of the molecule is CCNC(=NCC(O)c1ccccc1F)NC1CCN(C(=O)CC)C1.I. The van der Waals surface area contributed by atoms with Crippen molar-refractivity contribution in [3.8, 4) is 0 Å². The molecule has 1 aromatic rings. The van der Waals surface area contributed by atoms with E-state index in [9.17, 15) is 14.3 Å². The van der Waals surface area contributed by atoms with Crippen LogP contribution in [-0.2, 0) is 4.79 Å². The Morgan fingerprint density at radius 1 is 1.42 bits per heavy atom. The van der Waals surface area contributed by atoms with Crippen molar-refractivity contribution >= 4 is 35.8 Å². The minimum atomic E-state index is -1.00. The van der Waals surface area contributed by atoms with E-state index in [2.05, 4.69) is 15.6 Å². The number of rotatable bonds is 6. The minimum Gasteiger partial charge on any atom is -0.386 e. The highest BCUT2D eigenvalue weighted by Gasteiger charge is 2.25. The van der Waals surface area contributed by atoms with E-state index in [1.807, 2.05) is 18.7 Å². The number of hydrogen-bond acceptors (Lipinski definition) is 3. The van der Waals surface area contributed by atoms with E-state index in [1.54, 1.807) is 18.2 Å². The van der Waals surface area contributed by atoms with Crippen LogP contribution < -0.4 is 10.6 Å². The number of aliphatic hydroxyl groups is 1. The second kappa shape index (κ2) is 11.3. The molecule has 8 heteroatoms. The molecule has 0 spiro atoms. The fourth-order valence-corrected chi connectivity index (χ4v) is 2.86. The van der Waals surface area contributed by atoms with Crippen molar-refractivity contribution in [1.82, 2.24) is 15.5 Å². The van der Waals surface area contributed by atoms with Crippen molar-refractivity contribution in [2.45, 2.75) is 38.8 Å². The van der Waals surface area contributed by atoms with Gasteiger partial charge in [0.25, 0.3) is 0 Å². The molecule has 146 valence electrons. The molecule has 2 unspecified atom stereocenters. The number of aliphatic imine (C=N–C) groups is 1. The summed E-state index contributed by atoms with van der Waals surface area (Å²) in [5, 5.41) is 16.6. The fourth-order valence-electron chi connectivity index (χ4n) is 2.86. The Bertz CT molecular complexity index is 615. The van der Waals surface area contributed by atoms with Crippen molar-refractivity contribution in [2.24, 2.45) is 4.99 Å². The van der Waals surface area contributed by atoms with Gasteiger partial charge in [0.15, 0.2) is 5.96 Å². The highest BCUT2D eigenvalue weighted by atomic mass is 127. The van der Waals surface area contributed by atoms with Gasteiger partial charge in [-0.2, -0.15) is 0 Å². The lowest BCUT2D eigenvalue weighted by Crippen LogP contribution is -2.45. The summed E-state index contributed by atoms with van der Waals surface area (Å²) in [6.45, 7) is 5.92.